The first-order valence-electron chi connectivity index (χ1n) is 10.4. The fourth-order valence-electron chi connectivity index (χ4n) is 4.08. The summed E-state index contributed by atoms with van der Waals surface area (Å²) >= 11 is 0. The number of carbonyl (C=O) groups excluding carboxylic acids is 1. The fraction of sp³-hybridized carbons (Fsp3) is 0.364. The summed E-state index contributed by atoms with van der Waals surface area (Å²) in [6.45, 7) is 3.78. The number of imidazole rings is 1. The number of carbonyl (C=O) groups is 1. The number of aromatic nitrogens is 4. The van der Waals surface area contributed by atoms with Crippen molar-refractivity contribution < 1.29 is 14.3 Å². The summed E-state index contributed by atoms with van der Waals surface area (Å²) in [6.07, 6.45) is 7.05. The van der Waals surface area contributed by atoms with Crippen LogP contribution >= 0.6 is 0 Å². The van der Waals surface area contributed by atoms with E-state index in [9.17, 15) is 4.79 Å². The Hall–Kier alpha value is -3.46. The van der Waals surface area contributed by atoms with E-state index in [1.165, 1.54) is 0 Å². The van der Waals surface area contributed by atoms with Gasteiger partial charge in [0.05, 0.1) is 18.3 Å². The molecule has 2 aliphatic heterocycles. The number of nitrogens with zero attached hydrogens (tertiary/aromatic N) is 5. The van der Waals surface area contributed by atoms with E-state index in [1.807, 2.05) is 42.3 Å². The molecule has 2 aromatic heterocycles. The van der Waals surface area contributed by atoms with Gasteiger partial charge < -0.3 is 19.7 Å². The predicted molar refractivity (Wildman–Crippen MR) is 112 cm³/mol. The van der Waals surface area contributed by atoms with Gasteiger partial charge in [-0.05, 0) is 43.5 Å². The summed E-state index contributed by atoms with van der Waals surface area (Å²) in [7, 11) is 0. The summed E-state index contributed by atoms with van der Waals surface area (Å²) in [5.41, 5.74) is 2.79. The van der Waals surface area contributed by atoms with Crippen LogP contribution in [0.5, 0.6) is 11.5 Å². The molecule has 3 aromatic rings. The molecular formula is C22H24N6O3. The number of amides is 1. The Morgan fingerprint density at radius 3 is 3.00 bits per heavy atom. The average Bonchev–Trinajstić information content (AvgIpc) is 3.54. The normalized spacial score (nSPS) is 17.3. The molecule has 1 unspecified atom stereocenters. The lowest BCUT2D eigenvalue weighted by atomic mass is 10.1. The zero-order valence-corrected chi connectivity index (χ0v) is 17.3. The van der Waals surface area contributed by atoms with Gasteiger partial charge in [0.15, 0.2) is 11.5 Å². The van der Waals surface area contributed by atoms with Crippen molar-refractivity contribution in [1.29, 1.82) is 0 Å². The van der Waals surface area contributed by atoms with E-state index in [-0.39, 0.29) is 25.3 Å². The maximum Gasteiger partial charge on any atom is 0.237 e. The van der Waals surface area contributed by atoms with Gasteiger partial charge in [-0.15, -0.1) is 0 Å². The van der Waals surface area contributed by atoms with Gasteiger partial charge in [0, 0.05) is 31.2 Å². The van der Waals surface area contributed by atoms with Crippen molar-refractivity contribution in [2.24, 2.45) is 0 Å². The molecule has 1 aromatic carbocycles. The van der Waals surface area contributed by atoms with Gasteiger partial charge >= 0.3 is 0 Å². The lowest BCUT2D eigenvalue weighted by Gasteiger charge is -2.25. The Morgan fingerprint density at radius 1 is 1.23 bits per heavy atom. The van der Waals surface area contributed by atoms with Gasteiger partial charge in [-0.1, -0.05) is 6.07 Å². The van der Waals surface area contributed by atoms with Crippen LogP contribution in [-0.4, -0.2) is 50.2 Å². The van der Waals surface area contributed by atoms with E-state index in [1.54, 1.807) is 17.1 Å². The molecular weight excluding hydrogens is 396 g/mol. The summed E-state index contributed by atoms with van der Waals surface area (Å²) < 4.78 is 12.5. The Labute approximate surface area is 180 Å². The Bertz CT molecular complexity index is 1080. The van der Waals surface area contributed by atoms with Crippen molar-refractivity contribution in [2.75, 3.05) is 19.9 Å². The highest BCUT2D eigenvalue weighted by molar-refractivity contribution is 5.79. The minimum absolute atomic E-state index is 0.0381. The Kier molecular flexibility index (Phi) is 5.25. The standard InChI is InChI=1S/C22H24N6O3/c1-15-9-17(26-22(25-15)27-8-6-23-13-27)18-3-2-7-28(18)21(29)12-24-11-16-4-5-19-20(10-16)31-14-30-19/h4-6,8-10,13,18,24H,2-3,7,11-12,14H2,1H3. The number of likely N-dealkylation sites (tertiary alicyclic amines) is 1. The van der Waals surface area contributed by atoms with Gasteiger partial charge in [0.2, 0.25) is 18.6 Å². The van der Waals surface area contributed by atoms with Crippen LogP contribution < -0.4 is 14.8 Å². The van der Waals surface area contributed by atoms with Crippen LogP contribution in [0.2, 0.25) is 0 Å². The second kappa shape index (κ2) is 8.35. The van der Waals surface area contributed by atoms with Crippen molar-refractivity contribution in [3.8, 4) is 17.4 Å². The minimum Gasteiger partial charge on any atom is -0.454 e. The molecule has 1 N–H and O–H groups in total. The van der Waals surface area contributed by atoms with Gasteiger partial charge in [0.1, 0.15) is 6.33 Å². The molecule has 9 nitrogen and oxygen atoms in total. The fourth-order valence-corrected chi connectivity index (χ4v) is 4.08. The van der Waals surface area contributed by atoms with E-state index in [4.69, 9.17) is 14.5 Å². The molecule has 1 amide bonds. The first kappa shape index (κ1) is 19.5. The van der Waals surface area contributed by atoms with E-state index >= 15 is 0 Å². The molecule has 5 rings (SSSR count). The molecule has 1 fully saturated rings. The van der Waals surface area contributed by atoms with Crippen LogP contribution in [0.4, 0.5) is 0 Å². The van der Waals surface area contributed by atoms with Gasteiger partial charge in [0.25, 0.3) is 0 Å². The van der Waals surface area contributed by atoms with Crippen LogP contribution in [0.25, 0.3) is 5.95 Å². The lowest BCUT2D eigenvalue weighted by molar-refractivity contribution is -0.131. The third-order valence-corrected chi connectivity index (χ3v) is 5.55. The second-order valence-corrected chi connectivity index (χ2v) is 7.74. The predicted octanol–water partition coefficient (Wildman–Crippen LogP) is 2.15. The van der Waals surface area contributed by atoms with E-state index in [0.29, 0.717) is 12.5 Å². The van der Waals surface area contributed by atoms with Crippen LogP contribution in [0.15, 0.2) is 43.0 Å². The van der Waals surface area contributed by atoms with Gasteiger partial charge in [-0.3, -0.25) is 9.36 Å². The van der Waals surface area contributed by atoms with E-state index < -0.39 is 0 Å². The minimum atomic E-state index is -0.0381. The summed E-state index contributed by atoms with van der Waals surface area (Å²) in [4.78, 5) is 28.2. The second-order valence-electron chi connectivity index (χ2n) is 7.74. The third kappa shape index (κ3) is 4.09. The Balaban J connectivity index is 1.24. The van der Waals surface area contributed by atoms with Crippen LogP contribution in [0, 0.1) is 6.92 Å². The number of rotatable bonds is 6. The molecule has 160 valence electrons. The molecule has 1 saturated heterocycles. The molecule has 31 heavy (non-hydrogen) atoms. The molecule has 0 saturated carbocycles. The largest absolute Gasteiger partial charge is 0.454 e. The smallest absolute Gasteiger partial charge is 0.237 e. The molecule has 0 bridgehead atoms. The average molecular weight is 420 g/mol. The van der Waals surface area contributed by atoms with Crippen LogP contribution in [0.1, 0.15) is 35.8 Å². The number of ether oxygens (including phenoxy) is 2. The van der Waals surface area contributed by atoms with Crippen molar-refractivity contribution in [3.63, 3.8) is 0 Å². The third-order valence-electron chi connectivity index (χ3n) is 5.55. The highest BCUT2D eigenvalue weighted by Crippen LogP contribution is 2.33. The summed E-state index contributed by atoms with van der Waals surface area (Å²) in [5, 5.41) is 3.25. The van der Waals surface area contributed by atoms with Crippen molar-refractivity contribution in [3.05, 3.63) is 59.9 Å². The zero-order valence-electron chi connectivity index (χ0n) is 17.3. The molecule has 0 spiro atoms. The molecule has 4 heterocycles. The zero-order chi connectivity index (χ0) is 21.2. The lowest BCUT2D eigenvalue weighted by Crippen LogP contribution is -2.38. The molecule has 1 atom stereocenters. The van der Waals surface area contributed by atoms with Crippen molar-refractivity contribution in [2.45, 2.75) is 32.4 Å². The van der Waals surface area contributed by atoms with E-state index in [2.05, 4.69) is 15.3 Å². The maximum atomic E-state index is 13.0. The summed E-state index contributed by atoms with van der Waals surface area (Å²) in [6, 6.07) is 7.75. The molecule has 0 aliphatic carbocycles. The number of fused-ring (bicyclic) bond motifs is 1. The number of nitrogens with one attached hydrogen (secondary N) is 1. The SMILES string of the molecule is Cc1cc(C2CCCN2C(=O)CNCc2ccc3c(c2)OCO3)nc(-n2ccnc2)n1. The number of aryl methyl sites for hydroxylation is 1. The number of hydrogen-bond donors (Lipinski definition) is 1. The van der Waals surface area contributed by atoms with Crippen LogP contribution in [-0.2, 0) is 11.3 Å². The van der Waals surface area contributed by atoms with Crippen LogP contribution in [0.3, 0.4) is 0 Å². The van der Waals surface area contributed by atoms with Gasteiger partial charge in [-0.25, -0.2) is 15.0 Å². The topological polar surface area (TPSA) is 94.4 Å². The van der Waals surface area contributed by atoms with Crippen molar-refractivity contribution in [1.82, 2.24) is 29.7 Å². The summed E-state index contributed by atoms with van der Waals surface area (Å²) in [5.74, 6) is 2.16. The maximum absolute atomic E-state index is 13.0. The van der Waals surface area contributed by atoms with E-state index in [0.717, 1.165) is 47.8 Å². The van der Waals surface area contributed by atoms with Crippen molar-refractivity contribution >= 4 is 5.91 Å². The highest BCUT2D eigenvalue weighted by Gasteiger charge is 2.31. The van der Waals surface area contributed by atoms with Gasteiger partial charge in [-0.2, -0.15) is 0 Å². The molecule has 9 heteroatoms. The first-order chi connectivity index (χ1) is 15.2. The first-order valence-corrected chi connectivity index (χ1v) is 10.4. The Morgan fingerprint density at radius 2 is 2.13 bits per heavy atom. The monoisotopic (exact) mass is 420 g/mol. The number of hydrogen-bond acceptors (Lipinski definition) is 7. The number of benzene rings is 1. The highest BCUT2D eigenvalue weighted by atomic mass is 16.7. The molecule has 0 radical (unpaired) electrons. The molecule has 2 aliphatic rings. The quantitative estimate of drug-likeness (QED) is 0.653.